The predicted octanol–water partition coefficient (Wildman–Crippen LogP) is 4.94. The third-order valence-electron chi connectivity index (χ3n) is 4.25. The van der Waals surface area contributed by atoms with Gasteiger partial charge in [-0.25, -0.2) is 4.98 Å². The molecule has 0 atom stereocenters. The van der Waals surface area contributed by atoms with E-state index in [0.717, 1.165) is 46.1 Å². The largest absolute Gasteiger partial charge is 0.491 e. The van der Waals surface area contributed by atoms with Crippen LogP contribution in [0.3, 0.4) is 0 Å². The Bertz CT molecular complexity index is 927. The number of imidazole rings is 1. The second-order valence-corrected chi connectivity index (χ2v) is 6.03. The zero-order valence-corrected chi connectivity index (χ0v) is 13.5. The number of hydrogen-bond donors (Lipinski definition) is 0. The molecule has 128 valence electrons. The molecule has 3 aromatic rings. The molecule has 0 unspecified atom stereocenters. The van der Waals surface area contributed by atoms with Crippen molar-refractivity contribution in [3.8, 4) is 28.3 Å². The van der Waals surface area contributed by atoms with Crippen LogP contribution >= 0.6 is 0 Å². The molecule has 25 heavy (non-hydrogen) atoms. The molecule has 0 spiro atoms. The Kier molecular flexibility index (Phi) is 3.56. The van der Waals surface area contributed by atoms with E-state index in [2.05, 4.69) is 4.98 Å². The number of alkyl halides is 3. The molecule has 2 aromatic carbocycles. The van der Waals surface area contributed by atoms with Crippen LogP contribution in [0.4, 0.5) is 13.2 Å². The Balaban J connectivity index is 1.78. The summed E-state index contributed by atoms with van der Waals surface area (Å²) in [6, 6.07) is 10.8. The smallest absolute Gasteiger partial charge is 0.416 e. The van der Waals surface area contributed by atoms with Crippen LogP contribution in [0.5, 0.6) is 5.75 Å². The molecule has 4 rings (SSSR count). The summed E-state index contributed by atoms with van der Waals surface area (Å²) in [5.74, 6) is 1.55. The van der Waals surface area contributed by atoms with Gasteiger partial charge in [0.25, 0.3) is 0 Å². The number of hydrogen-bond acceptors (Lipinski definition) is 2. The molecule has 2 heterocycles. The van der Waals surface area contributed by atoms with Crippen molar-refractivity contribution in [3.63, 3.8) is 0 Å². The fourth-order valence-electron chi connectivity index (χ4n) is 3.05. The summed E-state index contributed by atoms with van der Waals surface area (Å²) in [5, 5.41) is 0. The minimum Gasteiger partial charge on any atom is -0.491 e. The van der Waals surface area contributed by atoms with E-state index in [1.165, 1.54) is 12.1 Å². The third kappa shape index (κ3) is 2.88. The van der Waals surface area contributed by atoms with Crippen LogP contribution in [0.25, 0.3) is 22.5 Å². The highest BCUT2D eigenvalue weighted by Gasteiger charge is 2.30. The first-order chi connectivity index (χ1) is 11.9. The molecular weight excluding hydrogens is 329 g/mol. The van der Waals surface area contributed by atoms with E-state index in [0.29, 0.717) is 13.2 Å². The number of aryl methyl sites for hydroxylation is 1. The van der Waals surface area contributed by atoms with E-state index in [9.17, 15) is 13.2 Å². The zero-order valence-electron chi connectivity index (χ0n) is 13.5. The molecule has 0 fully saturated rings. The number of halogens is 3. The summed E-state index contributed by atoms with van der Waals surface area (Å²) in [6.45, 7) is 3.19. The van der Waals surface area contributed by atoms with Crippen LogP contribution in [0, 0.1) is 6.92 Å². The molecule has 1 aliphatic rings. The number of ether oxygens (including phenoxy) is 1. The van der Waals surface area contributed by atoms with Crippen molar-refractivity contribution in [1.82, 2.24) is 9.55 Å². The van der Waals surface area contributed by atoms with E-state index in [1.807, 2.05) is 35.9 Å². The van der Waals surface area contributed by atoms with E-state index in [4.69, 9.17) is 4.74 Å². The first-order valence-corrected chi connectivity index (χ1v) is 7.90. The van der Waals surface area contributed by atoms with Gasteiger partial charge < -0.3 is 9.30 Å². The van der Waals surface area contributed by atoms with Crippen LogP contribution in [-0.2, 0) is 12.7 Å². The fraction of sp³-hybridized carbons (Fsp3) is 0.211. The number of benzene rings is 2. The summed E-state index contributed by atoms with van der Waals surface area (Å²) in [5.41, 5.74) is 2.66. The zero-order chi connectivity index (χ0) is 17.6. The maximum Gasteiger partial charge on any atom is 0.416 e. The van der Waals surface area contributed by atoms with Crippen LogP contribution in [0.1, 0.15) is 11.3 Å². The molecule has 0 aliphatic carbocycles. The normalized spacial score (nSPS) is 13.6. The number of aromatic nitrogens is 2. The monoisotopic (exact) mass is 344 g/mol. The van der Waals surface area contributed by atoms with Crippen molar-refractivity contribution in [3.05, 3.63) is 59.9 Å². The highest BCUT2D eigenvalue weighted by molar-refractivity contribution is 5.75. The average molecular weight is 344 g/mol. The Morgan fingerprint density at radius 1 is 1.04 bits per heavy atom. The minimum atomic E-state index is -4.33. The van der Waals surface area contributed by atoms with Crippen molar-refractivity contribution < 1.29 is 17.9 Å². The summed E-state index contributed by atoms with van der Waals surface area (Å²) in [7, 11) is 0. The molecule has 0 radical (unpaired) electrons. The van der Waals surface area contributed by atoms with E-state index in [1.54, 1.807) is 0 Å². The highest BCUT2D eigenvalue weighted by atomic mass is 19.4. The van der Waals surface area contributed by atoms with Gasteiger partial charge in [0.2, 0.25) is 0 Å². The summed E-state index contributed by atoms with van der Waals surface area (Å²) < 4.78 is 46.0. The van der Waals surface area contributed by atoms with Gasteiger partial charge in [0.15, 0.2) is 0 Å². The van der Waals surface area contributed by atoms with Crippen molar-refractivity contribution >= 4 is 0 Å². The van der Waals surface area contributed by atoms with Crippen molar-refractivity contribution in [2.24, 2.45) is 0 Å². The molecule has 3 nitrogen and oxygen atoms in total. The van der Waals surface area contributed by atoms with Crippen LogP contribution in [-0.4, -0.2) is 16.2 Å². The molecule has 0 N–H and O–H groups in total. The Morgan fingerprint density at radius 2 is 1.76 bits per heavy atom. The Hall–Kier alpha value is -2.76. The van der Waals surface area contributed by atoms with Gasteiger partial charge in [0.1, 0.15) is 18.2 Å². The van der Waals surface area contributed by atoms with E-state index >= 15 is 0 Å². The lowest BCUT2D eigenvalue weighted by molar-refractivity contribution is -0.137. The molecule has 1 aromatic heterocycles. The predicted molar refractivity (Wildman–Crippen MR) is 88.3 cm³/mol. The van der Waals surface area contributed by atoms with Crippen molar-refractivity contribution in [2.75, 3.05) is 6.61 Å². The molecule has 0 saturated carbocycles. The molecule has 0 bridgehead atoms. The average Bonchev–Trinajstić information content (AvgIpc) is 2.87. The molecule has 0 saturated heterocycles. The second kappa shape index (κ2) is 5.65. The summed E-state index contributed by atoms with van der Waals surface area (Å²) in [6.07, 6.45) is -2.36. The van der Waals surface area contributed by atoms with Gasteiger partial charge in [-0.05, 0) is 42.3 Å². The summed E-state index contributed by atoms with van der Waals surface area (Å²) in [4.78, 5) is 4.57. The Morgan fingerprint density at radius 3 is 2.48 bits per heavy atom. The molecule has 6 heteroatoms. The van der Waals surface area contributed by atoms with Crippen molar-refractivity contribution in [1.29, 1.82) is 0 Å². The quantitative estimate of drug-likeness (QED) is 0.625. The van der Waals surface area contributed by atoms with E-state index in [-0.39, 0.29) is 0 Å². The van der Waals surface area contributed by atoms with Gasteiger partial charge in [0.05, 0.1) is 23.4 Å². The maximum absolute atomic E-state index is 12.7. The first-order valence-electron chi connectivity index (χ1n) is 7.90. The van der Waals surface area contributed by atoms with Gasteiger partial charge in [-0.15, -0.1) is 0 Å². The van der Waals surface area contributed by atoms with Crippen LogP contribution in [0.15, 0.2) is 48.7 Å². The second-order valence-electron chi connectivity index (χ2n) is 6.03. The van der Waals surface area contributed by atoms with Gasteiger partial charge in [-0.3, -0.25) is 0 Å². The summed E-state index contributed by atoms with van der Waals surface area (Å²) >= 11 is 0. The standard InChI is InChI=1S/C19H15F3N2O/c1-12-11-24-8-9-25-17-7-4-14(10-16(17)18(24)23-12)13-2-5-15(6-3-13)19(20,21)22/h2-7,10-11H,8-9H2,1H3. The number of nitrogens with zero attached hydrogens (tertiary/aromatic N) is 2. The van der Waals surface area contributed by atoms with Gasteiger partial charge in [0, 0.05) is 6.20 Å². The highest BCUT2D eigenvalue weighted by Crippen LogP contribution is 2.36. The molecular formula is C19H15F3N2O. The number of rotatable bonds is 1. The lowest BCUT2D eigenvalue weighted by Gasteiger charge is -2.11. The molecule has 0 amide bonds. The van der Waals surface area contributed by atoms with Crippen LogP contribution in [0.2, 0.25) is 0 Å². The van der Waals surface area contributed by atoms with Crippen LogP contribution < -0.4 is 4.74 Å². The maximum atomic E-state index is 12.7. The van der Waals surface area contributed by atoms with Gasteiger partial charge in [-0.1, -0.05) is 18.2 Å². The van der Waals surface area contributed by atoms with Gasteiger partial charge in [-0.2, -0.15) is 13.2 Å². The topological polar surface area (TPSA) is 27.1 Å². The third-order valence-corrected chi connectivity index (χ3v) is 4.25. The van der Waals surface area contributed by atoms with Crippen molar-refractivity contribution in [2.45, 2.75) is 19.6 Å². The van der Waals surface area contributed by atoms with E-state index < -0.39 is 11.7 Å². The molecule has 1 aliphatic heterocycles. The lowest BCUT2D eigenvalue weighted by atomic mass is 10.0. The Labute approximate surface area is 142 Å². The SMILES string of the molecule is Cc1cn2c(n1)-c1cc(-c3ccc(C(F)(F)F)cc3)ccc1OCC2. The van der Waals surface area contributed by atoms with Gasteiger partial charge >= 0.3 is 6.18 Å². The lowest BCUT2D eigenvalue weighted by Crippen LogP contribution is -2.04. The fourth-order valence-corrected chi connectivity index (χ4v) is 3.05. The number of fused-ring (bicyclic) bond motifs is 3. The first kappa shape index (κ1) is 15.7. The minimum absolute atomic E-state index is 0.551.